The van der Waals surface area contributed by atoms with Crippen LogP contribution in [0, 0.1) is 0 Å². The highest BCUT2D eigenvalue weighted by Gasteiger charge is 2.32. The van der Waals surface area contributed by atoms with Crippen molar-refractivity contribution < 1.29 is 14.3 Å². The minimum Gasteiger partial charge on any atom is -0.439 e. The average molecular weight is 532 g/mol. The molecule has 2 fully saturated rings. The van der Waals surface area contributed by atoms with Gasteiger partial charge in [-0.3, -0.25) is 14.6 Å². The summed E-state index contributed by atoms with van der Waals surface area (Å²) in [7, 11) is 0. The van der Waals surface area contributed by atoms with Crippen LogP contribution in [0.1, 0.15) is 39.6 Å². The van der Waals surface area contributed by atoms with Gasteiger partial charge in [-0.05, 0) is 46.4 Å². The molecule has 2 unspecified atom stereocenters. The number of cyclic esters (lactones) is 1. The minimum atomic E-state index is -0.284. The maximum Gasteiger partial charge on any atom is 0.410 e. The summed E-state index contributed by atoms with van der Waals surface area (Å²) in [6, 6.07) is 36.4. The quantitative estimate of drug-likeness (QED) is 0.301. The van der Waals surface area contributed by atoms with Gasteiger partial charge in [-0.2, -0.15) is 0 Å². The fraction of sp³-hybridized carbons (Fsp3) is 0.235. The number of nitrogens with zero attached hydrogens (tertiary/aromatic N) is 2. The molecule has 40 heavy (non-hydrogen) atoms. The number of hydrogen-bond acceptors (Lipinski definition) is 4. The average Bonchev–Trinajstić information content (AvgIpc) is 3.60. The molecule has 4 aromatic rings. The van der Waals surface area contributed by atoms with Gasteiger partial charge in [0.15, 0.2) is 0 Å². The summed E-state index contributed by atoms with van der Waals surface area (Å²) in [4.78, 5) is 29.4. The molecule has 0 spiro atoms. The van der Waals surface area contributed by atoms with Crippen molar-refractivity contribution in [1.29, 1.82) is 0 Å². The molecule has 2 aliphatic heterocycles. The lowest BCUT2D eigenvalue weighted by Crippen LogP contribution is -2.36. The number of likely N-dealkylation sites (tertiary alicyclic amines) is 1. The summed E-state index contributed by atoms with van der Waals surface area (Å²) in [5.41, 5.74) is 6.13. The molecule has 6 nitrogen and oxygen atoms in total. The zero-order valence-corrected chi connectivity index (χ0v) is 22.4. The van der Waals surface area contributed by atoms with Crippen LogP contribution in [0.3, 0.4) is 0 Å². The van der Waals surface area contributed by atoms with Crippen LogP contribution in [-0.4, -0.2) is 47.5 Å². The van der Waals surface area contributed by atoms with Gasteiger partial charge in [0.1, 0.15) is 6.10 Å². The Morgan fingerprint density at radius 1 is 0.750 bits per heavy atom. The number of nitrogens with one attached hydrogen (secondary N) is 1. The fourth-order valence-corrected chi connectivity index (χ4v) is 5.52. The molecule has 202 valence electrons. The molecule has 0 aromatic heterocycles. The number of carbonyl (C=O) groups excluding carboxylic acids is 2. The summed E-state index contributed by atoms with van der Waals surface area (Å²) >= 11 is 0. The van der Waals surface area contributed by atoms with Crippen LogP contribution in [0.2, 0.25) is 0 Å². The van der Waals surface area contributed by atoms with Crippen LogP contribution in [-0.2, 0) is 17.8 Å². The van der Waals surface area contributed by atoms with Gasteiger partial charge >= 0.3 is 6.09 Å². The van der Waals surface area contributed by atoms with Gasteiger partial charge in [-0.1, -0.05) is 97.1 Å². The van der Waals surface area contributed by atoms with E-state index < -0.39 is 0 Å². The Bertz CT molecular complexity index is 1440. The van der Waals surface area contributed by atoms with Crippen molar-refractivity contribution in [3.8, 4) is 11.1 Å². The second-order valence-corrected chi connectivity index (χ2v) is 10.6. The van der Waals surface area contributed by atoms with Crippen LogP contribution >= 0.6 is 0 Å². The Hall–Kier alpha value is -4.42. The van der Waals surface area contributed by atoms with Crippen molar-refractivity contribution >= 4 is 12.0 Å². The fourth-order valence-electron chi connectivity index (χ4n) is 5.52. The van der Waals surface area contributed by atoms with Crippen LogP contribution < -0.4 is 5.32 Å². The van der Waals surface area contributed by atoms with Crippen LogP contribution in [0.15, 0.2) is 109 Å². The van der Waals surface area contributed by atoms with Crippen molar-refractivity contribution in [2.45, 2.75) is 31.7 Å². The Morgan fingerprint density at radius 3 is 2.08 bits per heavy atom. The topological polar surface area (TPSA) is 61.9 Å². The molecule has 0 bridgehead atoms. The van der Waals surface area contributed by atoms with E-state index >= 15 is 0 Å². The molecule has 2 saturated heterocycles. The van der Waals surface area contributed by atoms with Crippen LogP contribution in [0.4, 0.5) is 4.79 Å². The van der Waals surface area contributed by atoms with E-state index in [4.69, 9.17) is 4.74 Å². The van der Waals surface area contributed by atoms with E-state index in [2.05, 4.69) is 46.6 Å². The molecule has 2 aliphatic rings. The lowest BCUT2D eigenvalue weighted by Gasteiger charge is -2.17. The van der Waals surface area contributed by atoms with Crippen molar-refractivity contribution in [3.05, 3.63) is 131 Å². The summed E-state index contributed by atoms with van der Waals surface area (Å²) in [5, 5.41) is 3.21. The largest absolute Gasteiger partial charge is 0.439 e. The maximum absolute atomic E-state index is 12.9. The highest BCUT2D eigenvalue weighted by molar-refractivity contribution is 5.95. The lowest BCUT2D eigenvalue weighted by molar-refractivity contribution is 0.0937. The molecule has 4 aromatic carbocycles. The zero-order chi connectivity index (χ0) is 27.3. The van der Waals surface area contributed by atoms with E-state index in [0.717, 1.165) is 48.3 Å². The summed E-state index contributed by atoms with van der Waals surface area (Å²) in [6.45, 7) is 3.82. The second kappa shape index (κ2) is 11.8. The van der Waals surface area contributed by atoms with E-state index in [9.17, 15) is 9.59 Å². The minimum absolute atomic E-state index is 0.0280. The van der Waals surface area contributed by atoms with Gasteiger partial charge in [-0.25, -0.2) is 4.79 Å². The first-order chi connectivity index (χ1) is 19.6. The van der Waals surface area contributed by atoms with Gasteiger partial charge < -0.3 is 10.1 Å². The van der Waals surface area contributed by atoms with E-state index in [0.29, 0.717) is 18.7 Å². The third-order valence-corrected chi connectivity index (χ3v) is 7.72. The normalized spacial score (nSPS) is 19.0. The molecule has 0 aliphatic carbocycles. The molecule has 0 saturated carbocycles. The highest BCUT2D eigenvalue weighted by Crippen LogP contribution is 2.28. The van der Waals surface area contributed by atoms with Crippen LogP contribution in [0.25, 0.3) is 11.1 Å². The smallest absolute Gasteiger partial charge is 0.410 e. The number of carbonyl (C=O) groups is 2. The molecule has 0 radical (unpaired) electrons. The van der Waals surface area contributed by atoms with Gasteiger partial charge in [0, 0.05) is 37.8 Å². The number of hydrogen-bond donors (Lipinski definition) is 1. The monoisotopic (exact) mass is 531 g/mol. The van der Waals surface area contributed by atoms with E-state index in [-0.39, 0.29) is 24.1 Å². The summed E-state index contributed by atoms with van der Waals surface area (Å²) < 4.78 is 5.58. The zero-order valence-electron chi connectivity index (χ0n) is 22.4. The SMILES string of the molecule is O=C(NC1CCN(Cc2ccccc2)C1)c1ccc(-c2ccc(CN3CC(c4ccccc4)OC3=O)cc2)cc1. The summed E-state index contributed by atoms with van der Waals surface area (Å²) in [6.07, 6.45) is 0.448. The van der Waals surface area contributed by atoms with Gasteiger partial charge in [-0.15, -0.1) is 0 Å². The Balaban J connectivity index is 1.01. The number of benzene rings is 4. The van der Waals surface area contributed by atoms with E-state index in [1.165, 1.54) is 5.56 Å². The highest BCUT2D eigenvalue weighted by atomic mass is 16.6. The van der Waals surface area contributed by atoms with Crippen LogP contribution in [0.5, 0.6) is 0 Å². The Morgan fingerprint density at radius 2 is 1.38 bits per heavy atom. The lowest BCUT2D eigenvalue weighted by atomic mass is 10.0. The van der Waals surface area contributed by atoms with E-state index in [1.807, 2.05) is 72.8 Å². The predicted octanol–water partition coefficient (Wildman–Crippen LogP) is 6.05. The third kappa shape index (κ3) is 6.08. The van der Waals surface area contributed by atoms with E-state index in [1.54, 1.807) is 4.90 Å². The molecule has 6 heteroatoms. The number of amides is 2. The first-order valence-corrected chi connectivity index (χ1v) is 13.9. The molecular weight excluding hydrogens is 498 g/mol. The van der Waals surface area contributed by atoms with Crippen molar-refractivity contribution in [1.82, 2.24) is 15.1 Å². The predicted molar refractivity (Wildman–Crippen MR) is 156 cm³/mol. The second-order valence-electron chi connectivity index (χ2n) is 10.6. The molecule has 6 rings (SSSR count). The Kier molecular flexibility index (Phi) is 7.60. The van der Waals surface area contributed by atoms with Gasteiger partial charge in [0.2, 0.25) is 0 Å². The van der Waals surface area contributed by atoms with Crippen molar-refractivity contribution in [2.75, 3.05) is 19.6 Å². The van der Waals surface area contributed by atoms with Gasteiger partial charge in [0.25, 0.3) is 5.91 Å². The molecule has 2 atom stereocenters. The van der Waals surface area contributed by atoms with Crippen molar-refractivity contribution in [2.24, 2.45) is 0 Å². The molecule has 2 heterocycles. The number of rotatable bonds is 8. The molecule has 1 N–H and O–H groups in total. The van der Waals surface area contributed by atoms with Gasteiger partial charge in [0.05, 0.1) is 6.54 Å². The first kappa shape index (κ1) is 25.8. The molecule has 2 amide bonds. The Labute approximate surface area is 235 Å². The standard InChI is InChI=1S/C34H33N3O3/c38-33(35-31-19-20-36(23-31)21-25-7-3-1-4-8-25)30-17-15-28(16-18-30)27-13-11-26(12-14-27)22-37-24-32(40-34(37)39)29-9-5-2-6-10-29/h1-18,31-32H,19-24H2,(H,35,38). The summed E-state index contributed by atoms with van der Waals surface area (Å²) in [5.74, 6) is -0.0280. The number of ether oxygens (including phenoxy) is 1. The van der Waals surface area contributed by atoms with Crippen molar-refractivity contribution in [3.63, 3.8) is 0 Å². The molecular formula is C34H33N3O3. The maximum atomic E-state index is 12.9. The first-order valence-electron chi connectivity index (χ1n) is 13.9. The third-order valence-electron chi connectivity index (χ3n) is 7.72.